The second-order valence-electron chi connectivity index (χ2n) is 7.48. The molecule has 1 heterocycles. The van der Waals surface area contributed by atoms with Gasteiger partial charge in [0.2, 0.25) is 11.8 Å². The van der Waals surface area contributed by atoms with Crippen LogP contribution >= 0.6 is 11.3 Å². The average Bonchev–Trinajstić information content (AvgIpc) is 3.29. The summed E-state index contributed by atoms with van der Waals surface area (Å²) in [5.74, 6) is 0.773. The number of carbonyl (C=O) groups excluding carboxylic acids is 2. The van der Waals surface area contributed by atoms with Crippen LogP contribution in [0.4, 0.5) is 16.5 Å². The Hall–Kier alpha value is -4.23. The number of ether oxygens (including phenoxy) is 1. The summed E-state index contributed by atoms with van der Waals surface area (Å²) in [6.07, 6.45) is 3.02. The van der Waals surface area contributed by atoms with E-state index in [1.807, 2.05) is 73.7 Å². The SMILES string of the molecule is CC(=O)N(c1ccccc1)c1nc(/C=C/C(=O)Nc2ccccc2Oc2ccc(C)cc2)cs1. The Morgan fingerprint density at radius 1 is 0.971 bits per heavy atom. The smallest absolute Gasteiger partial charge is 0.248 e. The van der Waals surface area contributed by atoms with Gasteiger partial charge in [-0.15, -0.1) is 11.3 Å². The number of aromatic nitrogens is 1. The van der Waals surface area contributed by atoms with Crippen molar-refractivity contribution in [2.24, 2.45) is 0 Å². The van der Waals surface area contributed by atoms with Crippen molar-refractivity contribution in [1.29, 1.82) is 0 Å². The largest absolute Gasteiger partial charge is 0.455 e. The molecule has 3 aromatic carbocycles. The molecule has 1 aromatic heterocycles. The van der Waals surface area contributed by atoms with Crippen molar-refractivity contribution in [3.05, 3.63) is 102 Å². The van der Waals surface area contributed by atoms with E-state index in [0.29, 0.717) is 28.0 Å². The highest BCUT2D eigenvalue weighted by Crippen LogP contribution is 2.30. The molecule has 34 heavy (non-hydrogen) atoms. The highest BCUT2D eigenvalue weighted by atomic mass is 32.1. The number of thiazole rings is 1. The first-order valence-electron chi connectivity index (χ1n) is 10.6. The molecular weight excluding hydrogens is 446 g/mol. The predicted molar refractivity (Wildman–Crippen MR) is 137 cm³/mol. The molecule has 0 spiro atoms. The molecule has 0 aliphatic rings. The predicted octanol–water partition coefficient (Wildman–Crippen LogP) is 6.58. The molecule has 4 aromatic rings. The summed E-state index contributed by atoms with van der Waals surface area (Å²) in [4.78, 5) is 30.8. The Balaban J connectivity index is 1.45. The lowest BCUT2D eigenvalue weighted by molar-refractivity contribution is -0.116. The lowest BCUT2D eigenvalue weighted by Gasteiger charge is -2.17. The number of nitrogens with one attached hydrogen (secondary N) is 1. The van der Waals surface area contributed by atoms with Crippen molar-refractivity contribution in [1.82, 2.24) is 4.98 Å². The van der Waals surface area contributed by atoms with E-state index < -0.39 is 0 Å². The van der Waals surface area contributed by atoms with E-state index in [1.165, 1.54) is 24.3 Å². The Kier molecular flexibility index (Phi) is 7.15. The van der Waals surface area contributed by atoms with Gasteiger partial charge in [-0.05, 0) is 49.4 Å². The summed E-state index contributed by atoms with van der Waals surface area (Å²) in [6, 6.07) is 24.3. The summed E-state index contributed by atoms with van der Waals surface area (Å²) in [5.41, 5.74) is 3.02. The maximum absolute atomic E-state index is 12.6. The molecule has 0 atom stereocenters. The lowest BCUT2D eigenvalue weighted by Crippen LogP contribution is -2.22. The van der Waals surface area contributed by atoms with E-state index in [4.69, 9.17) is 4.74 Å². The molecule has 0 saturated carbocycles. The number of benzene rings is 3. The number of hydrogen-bond acceptors (Lipinski definition) is 5. The van der Waals surface area contributed by atoms with E-state index in [9.17, 15) is 9.59 Å². The zero-order valence-electron chi connectivity index (χ0n) is 18.8. The molecule has 0 fully saturated rings. The van der Waals surface area contributed by atoms with Gasteiger partial charge in [-0.25, -0.2) is 4.98 Å². The van der Waals surface area contributed by atoms with Crippen LogP contribution in [0.1, 0.15) is 18.2 Å². The maximum atomic E-state index is 12.6. The van der Waals surface area contributed by atoms with Crippen LogP contribution in [0.5, 0.6) is 11.5 Å². The molecule has 4 rings (SSSR count). The van der Waals surface area contributed by atoms with Gasteiger partial charge in [0.05, 0.1) is 17.1 Å². The van der Waals surface area contributed by atoms with Gasteiger partial charge in [0, 0.05) is 18.4 Å². The fourth-order valence-electron chi connectivity index (χ4n) is 3.19. The Labute approximate surface area is 202 Å². The summed E-state index contributed by atoms with van der Waals surface area (Å²) in [7, 11) is 0. The van der Waals surface area contributed by atoms with Crippen LogP contribution in [0.2, 0.25) is 0 Å². The van der Waals surface area contributed by atoms with Crippen LogP contribution in [-0.4, -0.2) is 16.8 Å². The maximum Gasteiger partial charge on any atom is 0.248 e. The van der Waals surface area contributed by atoms with Gasteiger partial charge in [-0.2, -0.15) is 0 Å². The molecule has 170 valence electrons. The topological polar surface area (TPSA) is 71.5 Å². The number of carbonyl (C=O) groups is 2. The minimum atomic E-state index is -0.319. The number of para-hydroxylation sites is 3. The number of amides is 2. The lowest BCUT2D eigenvalue weighted by atomic mass is 10.2. The molecule has 0 bridgehead atoms. The van der Waals surface area contributed by atoms with Crippen molar-refractivity contribution < 1.29 is 14.3 Å². The summed E-state index contributed by atoms with van der Waals surface area (Å²) in [5, 5.41) is 5.18. The molecule has 0 aliphatic carbocycles. The molecule has 0 saturated heterocycles. The van der Waals surface area contributed by atoms with E-state index in [1.54, 1.807) is 28.5 Å². The van der Waals surface area contributed by atoms with Crippen LogP contribution in [0.3, 0.4) is 0 Å². The van der Waals surface area contributed by atoms with Gasteiger partial charge < -0.3 is 10.1 Å². The first-order valence-corrected chi connectivity index (χ1v) is 11.5. The number of nitrogens with zero attached hydrogens (tertiary/aromatic N) is 2. The van der Waals surface area contributed by atoms with Crippen LogP contribution < -0.4 is 15.0 Å². The van der Waals surface area contributed by atoms with Gasteiger partial charge in [-0.1, -0.05) is 48.0 Å². The number of rotatable bonds is 7. The fraction of sp³-hybridized carbons (Fsp3) is 0.0741. The molecular formula is C27H23N3O3S. The summed E-state index contributed by atoms with van der Waals surface area (Å²) in [6.45, 7) is 3.50. The highest BCUT2D eigenvalue weighted by Gasteiger charge is 2.17. The van der Waals surface area contributed by atoms with E-state index >= 15 is 0 Å². The van der Waals surface area contributed by atoms with E-state index in [2.05, 4.69) is 10.3 Å². The fourth-order valence-corrected chi connectivity index (χ4v) is 4.04. The molecule has 0 radical (unpaired) electrons. The molecule has 6 nitrogen and oxygen atoms in total. The van der Waals surface area contributed by atoms with Crippen LogP contribution in [0.25, 0.3) is 6.08 Å². The summed E-state index contributed by atoms with van der Waals surface area (Å²) >= 11 is 1.33. The molecule has 1 N–H and O–H groups in total. The van der Waals surface area contributed by atoms with E-state index in [-0.39, 0.29) is 11.8 Å². The van der Waals surface area contributed by atoms with Gasteiger partial charge in [0.1, 0.15) is 5.75 Å². The quantitative estimate of drug-likeness (QED) is 0.310. The third-order valence-corrected chi connectivity index (χ3v) is 5.67. The second-order valence-corrected chi connectivity index (χ2v) is 8.32. The van der Waals surface area contributed by atoms with Gasteiger partial charge >= 0.3 is 0 Å². The molecule has 2 amide bonds. The van der Waals surface area contributed by atoms with Crippen LogP contribution in [0.15, 0.2) is 90.3 Å². The molecule has 0 unspecified atom stereocenters. The second kappa shape index (κ2) is 10.6. The first kappa shape index (κ1) is 22.9. The third kappa shape index (κ3) is 5.76. The molecule has 0 aliphatic heterocycles. The number of hydrogen-bond donors (Lipinski definition) is 1. The van der Waals surface area contributed by atoms with Crippen molar-refractivity contribution in [3.8, 4) is 11.5 Å². The third-order valence-electron chi connectivity index (χ3n) is 4.83. The number of aryl methyl sites for hydroxylation is 1. The Morgan fingerprint density at radius 3 is 2.41 bits per heavy atom. The van der Waals surface area contributed by atoms with Crippen molar-refractivity contribution in [3.63, 3.8) is 0 Å². The minimum absolute atomic E-state index is 0.140. The molecule has 7 heteroatoms. The van der Waals surface area contributed by atoms with Gasteiger partial charge in [0.15, 0.2) is 10.9 Å². The van der Waals surface area contributed by atoms with Crippen LogP contribution in [-0.2, 0) is 9.59 Å². The van der Waals surface area contributed by atoms with Crippen molar-refractivity contribution in [2.75, 3.05) is 10.2 Å². The van der Waals surface area contributed by atoms with E-state index in [0.717, 1.165) is 11.3 Å². The first-order chi connectivity index (χ1) is 16.5. The standard InChI is InChI=1S/C27H23N3O3S/c1-19-12-15-23(16-13-19)33-25-11-7-6-10-24(25)29-26(32)17-14-21-18-34-27(28-21)30(20(2)31)22-8-4-3-5-9-22/h3-18H,1-2H3,(H,29,32)/b17-14+. The Bertz CT molecular complexity index is 1310. The van der Waals surface area contributed by atoms with Crippen molar-refractivity contribution in [2.45, 2.75) is 13.8 Å². The minimum Gasteiger partial charge on any atom is -0.455 e. The normalized spacial score (nSPS) is 10.8. The van der Waals surface area contributed by atoms with Gasteiger partial charge in [0.25, 0.3) is 0 Å². The van der Waals surface area contributed by atoms with Crippen molar-refractivity contribution >= 4 is 45.7 Å². The highest BCUT2D eigenvalue weighted by molar-refractivity contribution is 7.14. The Morgan fingerprint density at radius 2 is 1.68 bits per heavy atom. The van der Waals surface area contributed by atoms with Gasteiger partial charge in [-0.3, -0.25) is 14.5 Å². The zero-order valence-corrected chi connectivity index (χ0v) is 19.6. The summed E-state index contributed by atoms with van der Waals surface area (Å²) < 4.78 is 5.94. The average molecular weight is 470 g/mol. The monoisotopic (exact) mass is 469 g/mol. The van der Waals surface area contributed by atoms with Crippen LogP contribution in [0, 0.1) is 6.92 Å². The zero-order chi connectivity index (χ0) is 23.9. The number of anilines is 3.